The van der Waals surface area contributed by atoms with Crippen molar-refractivity contribution in [2.75, 3.05) is 5.32 Å². The van der Waals surface area contributed by atoms with Crippen molar-refractivity contribution in [1.29, 1.82) is 0 Å². The van der Waals surface area contributed by atoms with Crippen LogP contribution in [0.2, 0.25) is 0 Å². The van der Waals surface area contributed by atoms with Crippen LogP contribution in [0.3, 0.4) is 0 Å². The number of benzene rings is 2. The first-order valence-electron chi connectivity index (χ1n) is 6.39. The number of anilines is 1. The molecule has 1 amide bonds. The number of nitrogens with one attached hydrogen (secondary N) is 1. The lowest BCUT2D eigenvalue weighted by Gasteiger charge is -2.06. The van der Waals surface area contributed by atoms with Crippen molar-refractivity contribution in [3.8, 4) is 0 Å². The minimum absolute atomic E-state index is 0.0304. The summed E-state index contributed by atoms with van der Waals surface area (Å²) in [4.78, 5) is 27.8. The summed E-state index contributed by atoms with van der Waals surface area (Å²) in [5, 5.41) is 2.80. The second-order valence-corrected chi connectivity index (χ2v) is 5.51. The quantitative estimate of drug-likeness (QED) is 0.749. The first-order valence-corrected chi connectivity index (χ1v) is 7.27. The van der Waals surface area contributed by atoms with Gasteiger partial charge in [-0.25, -0.2) is 4.98 Å². The van der Waals surface area contributed by atoms with Gasteiger partial charge in [0.15, 0.2) is 5.78 Å². The van der Waals surface area contributed by atoms with Crippen molar-refractivity contribution in [1.82, 2.24) is 4.98 Å². The highest BCUT2D eigenvalue weighted by Gasteiger charge is 2.09. The van der Waals surface area contributed by atoms with E-state index in [1.807, 2.05) is 12.1 Å². The number of aromatic nitrogens is 1. The van der Waals surface area contributed by atoms with Gasteiger partial charge in [0.1, 0.15) is 0 Å². The first kappa shape index (κ1) is 13.5. The number of Topliss-reactive ketones (excluding diaryl/α,β-unsaturated/α-hetero) is 1. The summed E-state index contributed by atoms with van der Waals surface area (Å²) >= 11 is 1.50. The lowest BCUT2D eigenvalue weighted by molar-refractivity contribution is 0.101. The average Bonchev–Trinajstić information content (AvgIpc) is 2.94. The SMILES string of the molecule is CC(=O)c1cccc(NC(=O)c2ccc3ncsc3c2)c1. The minimum Gasteiger partial charge on any atom is -0.322 e. The predicted octanol–water partition coefficient (Wildman–Crippen LogP) is 3.75. The van der Waals surface area contributed by atoms with E-state index < -0.39 is 0 Å². The van der Waals surface area contributed by atoms with Gasteiger partial charge in [-0.3, -0.25) is 9.59 Å². The van der Waals surface area contributed by atoms with Crippen LogP contribution in [0.4, 0.5) is 5.69 Å². The molecule has 0 aliphatic rings. The van der Waals surface area contributed by atoms with Crippen LogP contribution in [0.15, 0.2) is 48.0 Å². The zero-order valence-corrected chi connectivity index (χ0v) is 12.1. The standard InChI is InChI=1S/C16H12N2O2S/c1-10(19)11-3-2-4-13(7-11)18-16(20)12-5-6-14-15(8-12)21-9-17-14/h2-9H,1H3,(H,18,20). The Kier molecular flexibility index (Phi) is 3.50. The Labute approximate surface area is 125 Å². The summed E-state index contributed by atoms with van der Waals surface area (Å²) in [6.07, 6.45) is 0. The van der Waals surface area contributed by atoms with Crippen molar-refractivity contribution < 1.29 is 9.59 Å². The van der Waals surface area contributed by atoms with Gasteiger partial charge in [-0.2, -0.15) is 0 Å². The van der Waals surface area contributed by atoms with Crippen molar-refractivity contribution in [3.63, 3.8) is 0 Å². The fourth-order valence-corrected chi connectivity index (χ4v) is 2.73. The maximum Gasteiger partial charge on any atom is 0.255 e. The van der Waals surface area contributed by atoms with Crippen LogP contribution in [0.25, 0.3) is 10.2 Å². The Bertz CT molecular complexity index is 839. The second kappa shape index (κ2) is 5.46. The molecule has 0 saturated heterocycles. The zero-order valence-electron chi connectivity index (χ0n) is 11.3. The van der Waals surface area contributed by atoms with Crippen LogP contribution in [0.1, 0.15) is 27.6 Å². The molecule has 1 aromatic heterocycles. The molecule has 21 heavy (non-hydrogen) atoms. The number of rotatable bonds is 3. The second-order valence-electron chi connectivity index (χ2n) is 4.63. The highest BCUT2D eigenvalue weighted by atomic mass is 32.1. The van der Waals surface area contributed by atoms with E-state index in [0.29, 0.717) is 16.8 Å². The summed E-state index contributed by atoms with van der Waals surface area (Å²) in [6.45, 7) is 1.50. The maximum absolute atomic E-state index is 12.2. The lowest BCUT2D eigenvalue weighted by Crippen LogP contribution is -2.12. The number of ketones is 1. The van der Waals surface area contributed by atoms with Crippen LogP contribution in [-0.2, 0) is 0 Å². The number of carbonyl (C=O) groups excluding carboxylic acids is 2. The Morgan fingerprint density at radius 1 is 1.10 bits per heavy atom. The third kappa shape index (κ3) is 2.83. The van der Waals surface area contributed by atoms with Gasteiger partial charge in [0.05, 0.1) is 15.7 Å². The molecule has 5 heteroatoms. The van der Waals surface area contributed by atoms with Gasteiger partial charge < -0.3 is 5.32 Å². The summed E-state index contributed by atoms with van der Waals surface area (Å²) in [5.41, 5.74) is 4.39. The maximum atomic E-state index is 12.2. The molecule has 0 aliphatic carbocycles. The monoisotopic (exact) mass is 296 g/mol. The van der Waals surface area contributed by atoms with E-state index in [4.69, 9.17) is 0 Å². The minimum atomic E-state index is -0.203. The molecule has 4 nitrogen and oxygen atoms in total. The van der Waals surface area contributed by atoms with Crippen molar-refractivity contribution in [2.45, 2.75) is 6.92 Å². The topological polar surface area (TPSA) is 59.1 Å². The van der Waals surface area contributed by atoms with E-state index in [1.54, 1.807) is 35.8 Å². The Morgan fingerprint density at radius 2 is 1.95 bits per heavy atom. The predicted molar refractivity (Wildman–Crippen MR) is 84.0 cm³/mol. The van der Waals surface area contributed by atoms with Crippen LogP contribution in [0, 0.1) is 0 Å². The van der Waals surface area contributed by atoms with Gasteiger partial charge in [-0.05, 0) is 37.3 Å². The Balaban J connectivity index is 1.85. The van der Waals surface area contributed by atoms with Crippen LogP contribution >= 0.6 is 11.3 Å². The Hall–Kier alpha value is -2.53. The molecule has 3 rings (SSSR count). The number of carbonyl (C=O) groups is 2. The highest BCUT2D eigenvalue weighted by molar-refractivity contribution is 7.16. The number of hydrogen-bond acceptors (Lipinski definition) is 4. The summed E-state index contributed by atoms with van der Waals surface area (Å²) < 4.78 is 0.972. The molecule has 2 aromatic carbocycles. The molecule has 0 saturated carbocycles. The fourth-order valence-electron chi connectivity index (χ4n) is 2.02. The van der Waals surface area contributed by atoms with Crippen LogP contribution in [0.5, 0.6) is 0 Å². The average molecular weight is 296 g/mol. The molecule has 0 atom stereocenters. The largest absolute Gasteiger partial charge is 0.322 e. The van der Waals surface area contributed by atoms with E-state index in [2.05, 4.69) is 10.3 Å². The van der Waals surface area contributed by atoms with Gasteiger partial charge in [0.25, 0.3) is 5.91 Å². The first-order chi connectivity index (χ1) is 10.1. The number of amides is 1. The molecule has 1 N–H and O–H groups in total. The zero-order chi connectivity index (χ0) is 14.8. The fraction of sp³-hybridized carbons (Fsp3) is 0.0625. The molecule has 3 aromatic rings. The van der Waals surface area contributed by atoms with E-state index in [0.717, 1.165) is 10.2 Å². The molecule has 0 radical (unpaired) electrons. The van der Waals surface area contributed by atoms with E-state index in [9.17, 15) is 9.59 Å². The molecule has 0 aliphatic heterocycles. The van der Waals surface area contributed by atoms with Gasteiger partial charge in [-0.1, -0.05) is 12.1 Å². The van der Waals surface area contributed by atoms with Gasteiger partial charge in [0.2, 0.25) is 0 Å². The van der Waals surface area contributed by atoms with Gasteiger partial charge in [-0.15, -0.1) is 11.3 Å². The Morgan fingerprint density at radius 3 is 2.76 bits per heavy atom. The molecule has 104 valence electrons. The molecule has 0 spiro atoms. The summed E-state index contributed by atoms with van der Waals surface area (Å²) in [6, 6.07) is 12.3. The number of thiazole rings is 1. The molecule has 1 heterocycles. The molecule has 0 bridgehead atoms. The highest BCUT2D eigenvalue weighted by Crippen LogP contribution is 2.20. The lowest BCUT2D eigenvalue weighted by atomic mass is 10.1. The number of hydrogen-bond donors (Lipinski definition) is 1. The van der Waals surface area contributed by atoms with E-state index >= 15 is 0 Å². The molecular weight excluding hydrogens is 284 g/mol. The van der Waals surface area contributed by atoms with Gasteiger partial charge in [0, 0.05) is 16.8 Å². The summed E-state index contributed by atoms with van der Waals surface area (Å²) in [7, 11) is 0. The van der Waals surface area contributed by atoms with Crippen molar-refractivity contribution >= 4 is 38.9 Å². The van der Waals surface area contributed by atoms with E-state index in [-0.39, 0.29) is 11.7 Å². The third-order valence-corrected chi connectivity index (χ3v) is 3.91. The molecule has 0 unspecified atom stereocenters. The normalized spacial score (nSPS) is 10.5. The number of nitrogens with zero attached hydrogens (tertiary/aromatic N) is 1. The van der Waals surface area contributed by atoms with Crippen LogP contribution in [-0.4, -0.2) is 16.7 Å². The van der Waals surface area contributed by atoms with Crippen molar-refractivity contribution in [2.24, 2.45) is 0 Å². The van der Waals surface area contributed by atoms with E-state index in [1.165, 1.54) is 18.3 Å². The van der Waals surface area contributed by atoms with Gasteiger partial charge >= 0.3 is 0 Å². The smallest absolute Gasteiger partial charge is 0.255 e. The molecule has 0 fully saturated rings. The number of fused-ring (bicyclic) bond motifs is 1. The third-order valence-electron chi connectivity index (χ3n) is 3.12. The summed E-state index contributed by atoms with van der Waals surface area (Å²) in [5.74, 6) is -0.233. The van der Waals surface area contributed by atoms with Crippen LogP contribution < -0.4 is 5.32 Å². The molecular formula is C16H12N2O2S. The van der Waals surface area contributed by atoms with Crippen molar-refractivity contribution in [3.05, 3.63) is 59.1 Å².